The Morgan fingerprint density at radius 3 is 2.10 bits per heavy atom. The van der Waals surface area contributed by atoms with Gasteiger partial charge in [0.1, 0.15) is 29.2 Å². The van der Waals surface area contributed by atoms with Crippen LogP contribution in [0.25, 0.3) is 0 Å². The first-order valence-electron chi connectivity index (χ1n) is 25.7. The number of unbranched alkanes of at least 4 members (excludes halogenated alkanes) is 1. The zero-order valence-corrected chi connectivity index (χ0v) is 45.2. The highest BCUT2D eigenvalue weighted by Gasteiger charge is 2.54. The van der Waals surface area contributed by atoms with Crippen LogP contribution in [0.3, 0.4) is 0 Å². The number of nitrogens with zero attached hydrogens (tertiary/aromatic N) is 2. The number of esters is 1. The molecule has 4 rings (SSSR count). The number of carbonyl (C=O) groups is 3. The number of likely N-dealkylation sites (N-methyl/N-ethyl adjacent to an activating group) is 2. The third-order valence-corrected chi connectivity index (χ3v) is 15.0. The second-order valence-electron chi connectivity index (χ2n) is 21.6. The van der Waals surface area contributed by atoms with Crippen molar-refractivity contribution in [3.63, 3.8) is 0 Å². The highest BCUT2D eigenvalue weighted by Crippen LogP contribution is 2.41. The zero-order chi connectivity index (χ0) is 53.2. The summed E-state index contributed by atoms with van der Waals surface area (Å²) in [7, 11) is 7.10. The summed E-state index contributed by atoms with van der Waals surface area (Å²) in [6.07, 6.45) is -8.42. The van der Waals surface area contributed by atoms with E-state index in [9.17, 15) is 34.8 Å². The van der Waals surface area contributed by atoms with Gasteiger partial charge in [-0.2, -0.15) is 0 Å². The van der Waals surface area contributed by atoms with Gasteiger partial charge >= 0.3 is 18.2 Å². The number of aliphatic hydroxyl groups is 3. The standard InChI is InChI=1S/C52H90N4O15/c1-16-18-24-53-48(60)70-44-34(7)56(14)29-30(3)27-50(9,62)43(69-47-41(58)38(55(12)13)26-31(4)65-47)32(5)42(33(6)46(59)67-39(17-2)52(44,11)63)68-40-28-51(10,64-15)45(35(8)66-40)71-49(61)54-25-23-36-19-21-37(57)22-20-36/h19-22,30-35,38-45,47,57-58,62-63H,16-18,23-29H2,1-15H3,(H,53,60)(H,54,61)/t30-,31-,32+,33-,34-,35+,38+,39-,40+,41-,42+,43-,44-,45+,47+,50-,51-,52-/m1/s1. The molecule has 18 atom stereocenters. The Morgan fingerprint density at radius 1 is 0.887 bits per heavy atom. The lowest BCUT2D eigenvalue weighted by atomic mass is 9.77. The van der Waals surface area contributed by atoms with Crippen LogP contribution in [-0.4, -0.2) is 187 Å². The lowest BCUT2D eigenvalue weighted by Gasteiger charge is -2.49. The number of methoxy groups -OCH3 is 1. The SMILES string of the molecule is CCCCNC(=O)O[C@@H]1[C@@H](C)N(C)C[C@H](C)C[C@@](C)(O)[C@H](O[C@@H]2O[C@H](C)C[C@H](N(C)C)[C@H]2O)[C@@H](C)[C@H](O[C@H]2C[C@@](C)(OC)[C@@H](OC(=O)NCCc3ccc(O)cc3)[C@H](C)O2)[C@@H](C)C(=O)O[C@H](CC)[C@@]1(C)O. The molecule has 3 fully saturated rings. The van der Waals surface area contributed by atoms with Crippen molar-refractivity contribution in [2.45, 2.75) is 211 Å². The van der Waals surface area contributed by atoms with Crippen LogP contribution in [-0.2, 0) is 49.1 Å². The van der Waals surface area contributed by atoms with Gasteiger partial charge in [0, 0.05) is 51.2 Å². The predicted octanol–water partition coefficient (Wildman–Crippen LogP) is 5.12. The minimum absolute atomic E-state index is 0.0333. The number of aromatic hydroxyl groups is 1. The molecule has 3 aliphatic heterocycles. The first-order chi connectivity index (χ1) is 33.2. The molecule has 408 valence electrons. The number of ether oxygens (including phenoxy) is 8. The Labute approximate surface area is 422 Å². The van der Waals surface area contributed by atoms with Crippen LogP contribution in [0.5, 0.6) is 5.75 Å². The van der Waals surface area contributed by atoms with Crippen molar-refractivity contribution in [3.8, 4) is 5.75 Å². The molecule has 0 aliphatic carbocycles. The van der Waals surface area contributed by atoms with Gasteiger partial charge in [-0.05, 0) is 125 Å². The van der Waals surface area contributed by atoms with Gasteiger partial charge in [0.15, 0.2) is 24.8 Å². The van der Waals surface area contributed by atoms with Crippen molar-refractivity contribution in [2.75, 3.05) is 47.9 Å². The quantitative estimate of drug-likeness (QED) is 0.0760. The molecule has 0 bridgehead atoms. The summed E-state index contributed by atoms with van der Waals surface area (Å²) >= 11 is 0. The summed E-state index contributed by atoms with van der Waals surface area (Å²) in [4.78, 5) is 45.3. The lowest BCUT2D eigenvalue weighted by molar-refractivity contribution is -0.317. The van der Waals surface area contributed by atoms with Crippen molar-refractivity contribution < 1.29 is 72.7 Å². The molecule has 0 radical (unpaired) electrons. The fourth-order valence-corrected chi connectivity index (χ4v) is 10.8. The predicted molar refractivity (Wildman–Crippen MR) is 265 cm³/mol. The van der Waals surface area contributed by atoms with Gasteiger partial charge in [-0.25, -0.2) is 9.59 Å². The molecule has 3 heterocycles. The molecular formula is C52H90N4O15. The van der Waals surface area contributed by atoms with Crippen molar-refractivity contribution in [3.05, 3.63) is 29.8 Å². The highest BCUT2D eigenvalue weighted by atomic mass is 16.7. The smallest absolute Gasteiger partial charge is 0.407 e. The topological polar surface area (TPSA) is 237 Å². The van der Waals surface area contributed by atoms with Crippen molar-refractivity contribution >= 4 is 18.2 Å². The van der Waals surface area contributed by atoms with E-state index in [0.717, 1.165) is 18.4 Å². The molecule has 71 heavy (non-hydrogen) atoms. The lowest BCUT2D eigenvalue weighted by Crippen LogP contribution is -2.61. The number of alkyl carbamates (subject to hydrolysis) is 2. The molecular weight excluding hydrogens is 921 g/mol. The summed E-state index contributed by atoms with van der Waals surface area (Å²) in [6.45, 7) is 20.6. The molecule has 3 saturated heterocycles. The monoisotopic (exact) mass is 1010 g/mol. The van der Waals surface area contributed by atoms with E-state index in [2.05, 4.69) is 10.6 Å². The molecule has 2 amide bonds. The Balaban J connectivity index is 1.75. The van der Waals surface area contributed by atoms with Gasteiger partial charge in [0.25, 0.3) is 0 Å². The summed E-state index contributed by atoms with van der Waals surface area (Å²) < 4.78 is 51.0. The van der Waals surface area contributed by atoms with Gasteiger partial charge in [-0.3, -0.25) is 9.69 Å². The molecule has 6 N–H and O–H groups in total. The van der Waals surface area contributed by atoms with E-state index < -0.39 is 108 Å². The number of rotatable bonds is 15. The van der Waals surface area contributed by atoms with E-state index in [4.69, 9.17) is 37.9 Å². The Kier molecular flexibility index (Phi) is 22.2. The Morgan fingerprint density at radius 2 is 1.51 bits per heavy atom. The average Bonchev–Trinajstić information content (AvgIpc) is 3.29. The van der Waals surface area contributed by atoms with Crippen molar-refractivity contribution in [2.24, 2.45) is 17.8 Å². The maximum atomic E-state index is 14.8. The fourth-order valence-electron chi connectivity index (χ4n) is 10.8. The van der Waals surface area contributed by atoms with E-state index in [1.54, 1.807) is 65.8 Å². The number of cyclic esters (lactones) is 1. The second-order valence-corrected chi connectivity index (χ2v) is 21.6. The van der Waals surface area contributed by atoms with Crippen LogP contribution < -0.4 is 10.6 Å². The number of benzene rings is 1. The first-order valence-corrected chi connectivity index (χ1v) is 25.7. The summed E-state index contributed by atoms with van der Waals surface area (Å²) in [5.41, 5.74) is -3.80. The number of carbonyl (C=O) groups excluding carboxylic acids is 3. The maximum Gasteiger partial charge on any atom is 0.407 e. The van der Waals surface area contributed by atoms with Crippen LogP contribution in [0.15, 0.2) is 24.3 Å². The molecule has 19 nitrogen and oxygen atoms in total. The molecule has 1 aromatic rings. The summed E-state index contributed by atoms with van der Waals surface area (Å²) in [6, 6.07) is 5.76. The molecule has 0 saturated carbocycles. The van der Waals surface area contributed by atoms with Gasteiger partial charge in [-0.1, -0.05) is 46.2 Å². The minimum Gasteiger partial charge on any atom is -0.508 e. The molecule has 19 heteroatoms. The minimum atomic E-state index is -1.90. The van der Waals surface area contributed by atoms with E-state index in [1.807, 2.05) is 58.6 Å². The van der Waals surface area contributed by atoms with Crippen LogP contribution in [0.2, 0.25) is 0 Å². The number of amides is 2. The third kappa shape index (κ3) is 15.8. The van der Waals surface area contributed by atoms with Gasteiger partial charge in [0.2, 0.25) is 0 Å². The van der Waals surface area contributed by atoms with Crippen molar-refractivity contribution in [1.29, 1.82) is 0 Å². The number of phenols is 1. The van der Waals surface area contributed by atoms with Crippen LogP contribution in [0.4, 0.5) is 9.59 Å². The fraction of sp³-hybridized carbons (Fsp3) is 0.827. The Bertz CT molecular complexity index is 1820. The molecule has 0 aromatic heterocycles. The van der Waals surface area contributed by atoms with E-state index in [-0.39, 0.29) is 49.6 Å². The van der Waals surface area contributed by atoms with E-state index >= 15 is 0 Å². The number of hydrogen-bond donors (Lipinski definition) is 6. The number of aliphatic hydroxyl groups excluding tert-OH is 1. The van der Waals surface area contributed by atoms with Crippen LogP contribution >= 0.6 is 0 Å². The normalized spacial score (nSPS) is 39.1. The zero-order valence-electron chi connectivity index (χ0n) is 45.2. The number of hydrogen-bond acceptors (Lipinski definition) is 17. The first kappa shape index (κ1) is 60.2. The average molecular weight is 1010 g/mol. The van der Waals surface area contributed by atoms with E-state index in [1.165, 1.54) is 14.0 Å². The van der Waals surface area contributed by atoms with E-state index in [0.29, 0.717) is 25.9 Å². The molecule has 3 aliphatic rings. The van der Waals surface area contributed by atoms with Crippen LogP contribution in [0.1, 0.15) is 120 Å². The summed E-state index contributed by atoms with van der Waals surface area (Å²) in [5, 5.41) is 52.4. The van der Waals surface area contributed by atoms with Crippen LogP contribution in [0, 0.1) is 17.8 Å². The Hall–Kier alpha value is -3.37. The van der Waals surface area contributed by atoms with Gasteiger partial charge in [0.05, 0.1) is 35.9 Å². The van der Waals surface area contributed by atoms with Gasteiger partial charge in [-0.15, -0.1) is 0 Å². The maximum absolute atomic E-state index is 14.8. The number of phenolic OH excluding ortho intramolecular Hbond substituents is 1. The summed E-state index contributed by atoms with van der Waals surface area (Å²) in [5.74, 6) is -2.81. The largest absolute Gasteiger partial charge is 0.508 e. The molecule has 1 aromatic carbocycles. The van der Waals surface area contributed by atoms with Gasteiger partial charge < -0.3 is 73.9 Å². The molecule has 0 unspecified atom stereocenters. The second kappa shape index (κ2) is 26.2. The highest BCUT2D eigenvalue weighted by molar-refractivity contribution is 5.73. The van der Waals surface area contributed by atoms with Crippen molar-refractivity contribution in [1.82, 2.24) is 20.4 Å². The third-order valence-electron chi connectivity index (χ3n) is 15.0. The molecule has 0 spiro atoms. The number of nitrogens with one attached hydrogen (secondary N) is 2.